The van der Waals surface area contributed by atoms with Crippen molar-refractivity contribution in [3.63, 3.8) is 0 Å². The Bertz CT molecular complexity index is 2180. The van der Waals surface area contributed by atoms with Gasteiger partial charge in [0, 0.05) is 35.3 Å². The van der Waals surface area contributed by atoms with Crippen molar-refractivity contribution < 1.29 is 4.74 Å². The second kappa shape index (κ2) is 9.26. The van der Waals surface area contributed by atoms with Crippen molar-refractivity contribution in [2.24, 2.45) is 0 Å². The van der Waals surface area contributed by atoms with Crippen LogP contribution in [0.15, 0.2) is 126 Å². The number of ether oxygens (including phenoxy) is 1. The zero-order valence-electron chi connectivity index (χ0n) is 21.3. The SMILES string of the molecule is COc1cc2c3ccccc3c3ccccc3c2cn1.O=c1cc2c3ccccc3c3ccccc3c2c[nH]1. The highest BCUT2D eigenvalue weighted by Gasteiger charge is 2.10. The van der Waals surface area contributed by atoms with Crippen molar-refractivity contribution in [3.05, 3.63) is 132 Å². The number of aromatic amines is 1. The second-order valence-corrected chi connectivity index (χ2v) is 9.58. The van der Waals surface area contributed by atoms with Gasteiger partial charge in [-0.25, -0.2) is 4.98 Å². The number of hydrogen-bond donors (Lipinski definition) is 1. The molecule has 0 amide bonds. The van der Waals surface area contributed by atoms with Gasteiger partial charge >= 0.3 is 0 Å². The van der Waals surface area contributed by atoms with E-state index in [1.807, 2.05) is 42.7 Å². The molecule has 0 saturated carbocycles. The van der Waals surface area contributed by atoms with Gasteiger partial charge in [0.05, 0.1) is 7.11 Å². The maximum Gasteiger partial charge on any atom is 0.248 e. The summed E-state index contributed by atoms with van der Waals surface area (Å²) in [5.74, 6) is 0.651. The van der Waals surface area contributed by atoms with Gasteiger partial charge in [0.25, 0.3) is 0 Å². The third kappa shape index (κ3) is 3.77. The van der Waals surface area contributed by atoms with Crippen molar-refractivity contribution >= 4 is 64.6 Å². The molecule has 1 N–H and O–H groups in total. The molecule has 0 saturated heterocycles. The van der Waals surface area contributed by atoms with Crippen LogP contribution in [0, 0.1) is 0 Å². The first kappa shape index (κ1) is 22.9. The summed E-state index contributed by atoms with van der Waals surface area (Å²) >= 11 is 0. The summed E-state index contributed by atoms with van der Waals surface area (Å²) in [6.07, 6.45) is 3.72. The molecule has 0 aliphatic heterocycles. The summed E-state index contributed by atoms with van der Waals surface area (Å²) in [5.41, 5.74) is -0.0621. The fourth-order valence-electron chi connectivity index (χ4n) is 5.71. The summed E-state index contributed by atoms with van der Waals surface area (Å²) < 4.78 is 5.27. The fourth-order valence-corrected chi connectivity index (χ4v) is 5.71. The summed E-state index contributed by atoms with van der Waals surface area (Å²) in [4.78, 5) is 18.7. The van der Waals surface area contributed by atoms with Gasteiger partial charge in [-0.05, 0) is 53.9 Å². The van der Waals surface area contributed by atoms with E-state index < -0.39 is 0 Å². The molecule has 0 bridgehead atoms. The van der Waals surface area contributed by atoms with Crippen LogP contribution in [0.5, 0.6) is 5.88 Å². The Kier molecular flexibility index (Phi) is 5.45. The lowest BCUT2D eigenvalue weighted by Gasteiger charge is -2.10. The lowest BCUT2D eigenvalue weighted by molar-refractivity contribution is 0.399. The normalized spacial score (nSPS) is 11.3. The highest BCUT2D eigenvalue weighted by atomic mass is 16.5. The number of H-pyrrole nitrogens is 1. The molecule has 0 unspecified atom stereocenters. The Balaban J connectivity index is 0.000000130. The van der Waals surface area contributed by atoms with E-state index in [1.165, 1.54) is 48.5 Å². The number of fused-ring (bicyclic) bond motifs is 12. The molecule has 0 fully saturated rings. The van der Waals surface area contributed by atoms with Crippen LogP contribution >= 0.6 is 0 Å². The third-order valence-electron chi connectivity index (χ3n) is 7.46. The predicted molar refractivity (Wildman–Crippen MR) is 163 cm³/mol. The Labute approximate surface area is 224 Å². The Morgan fingerprint density at radius 2 is 0.897 bits per heavy atom. The summed E-state index contributed by atoms with van der Waals surface area (Å²) in [6.45, 7) is 0. The topological polar surface area (TPSA) is 55.0 Å². The zero-order valence-corrected chi connectivity index (χ0v) is 21.3. The number of rotatable bonds is 1. The lowest BCUT2D eigenvalue weighted by atomic mass is 9.96. The number of aromatic nitrogens is 2. The van der Waals surface area contributed by atoms with Crippen molar-refractivity contribution in [1.82, 2.24) is 9.97 Å². The first-order valence-corrected chi connectivity index (χ1v) is 12.9. The molecule has 186 valence electrons. The Morgan fingerprint density at radius 1 is 0.513 bits per heavy atom. The van der Waals surface area contributed by atoms with Crippen molar-refractivity contribution in [2.45, 2.75) is 0 Å². The minimum atomic E-state index is -0.0621. The highest BCUT2D eigenvalue weighted by molar-refractivity contribution is 6.26. The van der Waals surface area contributed by atoms with Gasteiger partial charge in [0.1, 0.15) is 0 Å². The predicted octanol–water partition coefficient (Wildman–Crippen LogP) is 8.38. The number of nitrogens with one attached hydrogen (secondary N) is 1. The average Bonchev–Trinajstić information content (AvgIpc) is 3.01. The monoisotopic (exact) mass is 504 g/mol. The van der Waals surface area contributed by atoms with Crippen molar-refractivity contribution in [1.29, 1.82) is 0 Å². The maximum atomic E-state index is 11.6. The fraction of sp³-hybridized carbons (Fsp3) is 0.0286. The molecule has 6 aromatic carbocycles. The standard InChI is InChI=1S/C18H13NO.C17H11NO/c1-20-18-10-16-14-8-4-2-6-12(14)13-7-3-5-9-15(13)17(16)11-19-18;19-17-9-15-13-7-3-1-5-11(13)12-6-2-4-8-14(12)16(15)10-18-17/h2-11H,1H3;1-10H,(H,18,19). The third-order valence-corrected chi connectivity index (χ3v) is 7.46. The lowest BCUT2D eigenvalue weighted by Crippen LogP contribution is -2.02. The van der Waals surface area contributed by atoms with Gasteiger partial charge in [-0.15, -0.1) is 0 Å². The number of hydrogen-bond acceptors (Lipinski definition) is 3. The largest absolute Gasteiger partial charge is 0.481 e. The van der Waals surface area contributed by atoms with Crippen LogP contribution in [0.2, 0.25) is 0 Å². The molecule has 8 rings (SSSR count). The molecule has 4 heteroatoms. The van der Waals surface area contributed by atoms with E-state index in [0.717, 1.165) is 16.2 Å². The van der Waals surface area contributed by atoms with Crippen molar-refractivity contribution in [3.8, 4) is 5.88 Å². The van der Waals surface area contributed by atoms with Gasteiger partial charge in [0.15, 0.2) is 0 Å². The van der Waals surface area contributed by atoms with E-state index >= 15 is 0 Å². The summed E-state index contributed by atoms with van der Waals surface area (Å²) in [5, 5.41) is 14.2. The molecule has 2 heterocycles. The number of methoxy groups -OCH3 is 1. The molecule has 4 nitrogen and oxygen atoms in total. The summed E-state index contributed by atoms with van der Waals surface area (Å²) in [6, 6.07) is 37.2. The number of nitrogens with zero attached hydrogens (tertiary/aromatic N) is 1. The Morgan fingerprint density at radius 3 is 1.36 bits per heavy atom. The molecule has 0 spiro atoms. The van der Waals surface area contributed by atoms with E-state index in [9.17, 15) is 4.79 Å². The average molecular weight is 505 g/mol. The van der Waals surface area contributed by atoms with Crippen LogP contribution in [0.3, 0.4) is 0 Å². The molecule has 0 aliphatic carbocycles. The number of pyridine rings is 2. The molecule has 0 atom stereocenters. The number of benzene rings is 6. The minimum Gasteiger partial charge on any atom is -0.481 e. The molecule has 8 aromatic rings. The molecule has 0 aliphatic rings. The first-order chi connectivity index (χ1) is 19.2. The second-order valence-electron chi connectivity index (χ2n) is 9.58. The minimum absolute atomic E-state index is 0.0621. The van der Waals surface area contributed by atoms with Gasteiger partial charge in [-0.2, -0.15) is 0 Å². The van der Waals surface area contributed by atoms with Crippen LogP contribution in [0.1, 0.15) is 0 Å². The van der Waals surface area contributed by atoms with E-state index in [2.05, 4.69) is 82.8 Å². The smallest absolute Gasteiger partial charge is 0.248 e. The van der Waals surface area contributed by atoms with Gasteiger partial charge in [0.2, 0.25) is 11.4 Å². The molecule has 39 heavy (non-hydrogen) atoms. The van der Waals surface area contributed by atoms with Gasteiger partial charge in [-0.3, -0.25) is 4.79 Å². The zero-order chi connectivity index (χ0) is 26.3. The molecule has 2 aromatic heterocycles. The van der Waals surface area contributed by atoms with E-state index in [1.54, 1.807) is 13.2 Å². The quantitative estimate of drug-likeness (QED) is 0.228. The van der Waals surface area contributed by atoms with Crippen LogP contribution in [0.4, 0.5) is 0 Å². The molecular weight excluding hydrogens is 480 g/mol. The van der Waals surface area contributed by atoms with Crippen molar-refractivity contribution in [2.75, 3.05) is 7.11 Å². The Hall–Kier alpha value is -5.22. The van der Waals surface area contributed by atoms with Crippen LogP contribution in [-0.2, 0) is 0 Å². The first-order valence-electron chi connectivity index (χ1n) is 12.9. The van der Waals surface area contributed by atoms with E-state index in [-0.39, 0.29) is 5.56 Å². The van der Waals surface area contributed by atoms with Crippen LogP contribution in [-0.4, -0.2) is 17.1 Å². The van der Waals surface area contributed by atoms with Crippen LogP contribution < -0.4 is 10.3 Å². The van der Waals surface area contributed by atoms with E-state index in [0.29, 0.717) is 5.88 Å². The highest BCUT2D eigenvalue weighted by Crippen LogP contribution is 2.36. The maximum absolute atomic E-state index is 11.6. The summed E-state index contributed by atoms with van der Waals surface area (Å²) in [7, 11) is 1.65. The molecular formula is C35H24N2O2. The van der Waals surface area contributed by atoms with Gasteiger partial charge in [-0.1, -0.05) is 97.1 Å². The van der Waals surface area contributed by atoms with E-state index in [4.69, 9.17) is 4.74 Å². The molecule has 0 radical (unpaired) electrons. The van der Waals surface area contributed by atoms with Gasteiger partial charge < -0.3 is 9.72 Å². The van der Waals surface area contributed by atoms with Crippen LogP contribution in [0.25, 0.3) is 64.6 Å².